The molecule has 4 nitrogen and oxygen atoms in total. The van der Waals surface area contributed by atoms with E-state index in [9.17, 15) is 0 Å². The molecule has 0 saturated carbocycles. The van der Waals surface area contributed by atoms with Crippen LogP contribution in [0.25, 0.3) is 0 Å². The summed E-state index contributed by atoms with van der Waals surface area (Å²) < 4.78 is 7.50. The predicted molar refractivity (Wildman–Crippen MR) is 77.3 cm³/mol. The summed E-state index contributed by atoms with van der Waals surface area (Å²) in [4.78, 5) is 0. The molecule has 0 aromatic carbocycles. The van der Waals surface area contributed by atoms with E-state index in [1.54, 1.807) is 0 Å². The van der Waals surface area contributed by atoms with E-state index < -0.39 is 0 Å². The summed E-state index contributed by atoms with van der Waals surface area (Å²) in [7, 11) is 0. The van der Waals surface area contributed by atoms with Gasteiger partial charge in [-0.05, 0) is 53.0 Å². The van der Waals surface area contributed by atoms with Crippen LogP contribution >= 0.6 is 0 Å². The minimum Gasteiger partial charge on any atom is -0.381 e. The van der Waals surface area contributed by atoms with Gasteiger partial charge < -0.3 is 10.1 Å². The Kier molecular flexibility index (Phi) is 4.99. The summed E-state index contributed by atoms with van der Waals surface area (Å²) >= 11 is 0. The molecule has 0 radical (unpaired) electrons. The standard InChI is InChI=1S/C15H27N3O/c1-5-18-13(4)15(12(3)17-18)11(2)16-10-14-6-8-19-9-7-14/h11,14,16H,5-10H2,1-4H3. The van der Waals surface area contributed by atoms with Gasteiger partial charge in [0, 0.05) is 37.1 Å². The van der Waals surface area contributed by atoms with Crippen LogP contribution in [0.5, 0.6) is 0 Å². The summed E-state index contributed by atoms with van der Waals surface area (Å²) in [6, 6.07) is 0.378. The fraction of sp³-hybridized carbons (Fsp3) is 0.800. The highest BCUT2D eigenvalue weighted by atomic mass is 16.5. The third kappa shape index (κ3) is 3.37. The van der Waals surface area contributed by atoms with E-state index in [0.29, 0.717) is 6.04 Å². The molecule has 1 aromatic rings. The third-order valence-corrected chi connectivity index (χ3v) is 4.22. The van der Waals surface area contributed by atoms with Crippen LogP contribution in [-0.4, -0.2) is 29.5 Å². The summed E-state index contributed by atoms with van der Waals surface area (Å²) in [5.41, 5.74) is 3.83. The molecule has 2 rings (SSSR count). The topological polar surface area (TPSA) is 39.1 Å². The highest BCUT2D eigenvalue weighted by Gasteiger charge is 2.19. The molecular weight excluding hydrogens is 238 g/mol. The van der Waals surface area contributed by atoms with Crippen LogP contribution < -0.4 is 5.32 Å². The predicted octanol–water partition coefficient (Wildman–Crippen LogP) is 2.60. The van der Waals surface area contributed by atoms with Crippen molar-refractivity contribution in [1.29, 1.82) is 0 Å². The van der Waals surface area contributed by atoms with Gasteiger partial charge in [-0.2, -0.15) is 5.10 Å². The zero-order valence-corrected chi connectivity index (χ0v) is 12.7. The van der Waals surface area contributed by atoms with Crippen molar-refractivity contribution in [3.8, 4) is 0 Å². The van der Waals surface area contributed by atoms with Crippen molar-refractivity contribution in [3.63, 3.8) is 0 Å². The van der Waals surface area contributed by atoms with Crippen LogP contribution in [0.3, 0.4) is 0 Å². The molecule has 2 heterocycles. The monoisotopic (exact) mass is 265 g/mol. The first-order valence-corrected chi connectivity index (χ1v) is 7.48. The Balaban J connectivity index is 1.95. The molecule has 1 aliphatic rings. The molecule has 1 N–H and O–H groups in total. The maximum absolute atomic E-state index is 5.41. The Morgan fingerprint density at radius 1 is 1.37 bits per heavy atom. The molecule has 0 amide bonds. The van der Waals surface area contributed by atoms with Gasteiger partial charge in [-0.3, -0.25) is 4.68 Å². The second kappa shape index (κ2) is 6.53. The molecule has 19 heavy (non-hydrogen) atoms. The van der Waals surface area contributed by atoms with Crippen molar-refractivity contribution < 1.29 is 4.74 Å². The highest BCUT2D eigenvalue weighted by molar-refractivity contribution is 5.27. The Labute approximate surface area is 116 Å². The smallest absolute Gasteiger partial charge is 0.0644 e. The molecule has 1 saturated heterocycles. The lowest BCUT2D eigenvalue weighted by atomic mass is 9.99. The average molecular weight is 265 g/mol. The number of rotatable bonds is 5. The Morgan fingerprint density at radius 3 is 2.63 bits per heavy atom. The number of nitrogens with one attached hydrogen (secondary N) is 1. The SMILES string of the molecule is CCn1nc(C)c(C(C)NCC2CCOCC2)c1C. The molecule has 0 aliphatic carbocycles. The highest BCUT2D eigenvalue weighted by Crippen LogP contribution is 2.22. The van der Waals surface area contributed by atoms with Crippen molar-refractivity contribution in [1.82, 2.24) is 15.1 Å². The van der Waals surface area contributed by atoms with Gasteiger partial charge in [0.05, 0.1) is 5.69 Å². The minimum absolute atomic E-state index is 0.378. The van der Waals surface area contributed by atoms with Gasteiger partial charge in [0.1, 0.15) is 0 Å². The fourth-order valence-electron chi connectivity index (χ4n) is 3.04. The molecule has 1 aliphatic heterocycles. The quantitative estimate of drug-likeness (QED) is 0.889. The number of hydrogen-bond acceptors (Lipinski definition) is 3. The van der Waals surface area contributed by atoms with Gasteiger partial charge in [-0.25, -0.2) is 0 Å². The van der Waals surface area contributed by atoms with Crippen LogP contribution in [0.4, 0.5) is 0 Å². The van der Waals surface area contributed by atoms with Crippen LogP contribution in [0.2, 0.25) is 0 Å². The van der Waals surface area contributed by atoms with Crippen molar-refractivity contribution in [2.45, 2.75) is 53.1 Å². The zero-order valence-electron chi connectivity index (χ0n) is 12.7. The van der Waals surface area contributed by atoms with E-state index in [1.807, 2.05) is 0 Å². The lowest BCUT2D eigenvalue weighted by Gasteiger charge is -2.24. The van der Waals surface area contributed by atoms with Crippen LogP contribution in [0.1, 0.15) is 49.7 Å². The molecular formula is C15H27N3O. The first-order valence-electron chi connectivity index (χ1n) is 7.48. The second-order valence-electron chi connectivity index (χ2n) is 5.59. The van der Waals surface area contributed by atoms with E-state index >= 15 is 0 Å². The average Bonchev–Trinajstić information content (AvgIpc) is 2.72. The Morgan fingerprint density at radius 2 is 2.05 bits per heavy atom. The first-order chi connectivity index (χ1) is 9.13. The number of ether oxygens (including phenoxy) is 1. The van der Waals surface area contributed by atoms with Crippen LogP contribution in [-0.2, 0) is 11.3 Å². The lowest BCUT2D eigenvalue weighted by molar-refractivity contribution is 0.0656. The second-order valence-corrected chi connectivity index (χ2v) is 5.59. The van der Waals surface area contributed by atoms with Gasteiger partial charge in [-0.15, -0.1) is 0 Å². The maximum atomic E-state index is 5.41. The molecule has 0 spiro atoms. The molecule has 1 atom stereocenters. The summed E-state index contributed by atoms with van der Waals surface area (Å²) in [6.07, 6.45) is 2.37. The first kappa shape index (κ1) is 14.5. The number of aromatic nitrogens is 2. The molecule has 0 bridgehead atoms. The third-order valence-electron chi connectivity index (χ3n) is 4.22. The van der Waals surface area contributed by atoms with Crippen molar-refractivity contribution in [2.75, 3.05) is 19.8 Å². The summed E-state index contributed by atoms with van der Waals surface area (Å²) in [5.74, 6) is 0.762. The number of nitrogens with zero attached hydrogens (tertiary/aromatic N) is 2. The van der Waals surface area contributed by atoms with Gasteiger partial charge in [0.25, 0.3) is 0 Å². The largest absolute Gasteiger partial charge is 0.381 e. The van der Waals surface area contributed by atoms with E-state index in [-0.39, 0.29) is 0 Å². The van der Waals surface area contributed by atoms with E-state index in [4.69, 9.17) is 4.74 Å². The van der Waals surface area contributed by atoms with Crippen LogP contribution in [0.15, 0.2) is 0 Å². The lowest BCUT2D eigenvalue weighted by Crippen LogP contribution is -2.30. The van der Waals surface area contributed by atoms with Gasteiger partial charge >= 0.3 is 0 Å². The molecule has 4 heteroatoms. The van der Waals surface area contributed by atoms with Crippen molar-refractivity contribution in [2.24, 2.45) is 5.92 Å². The Hall–Kier alpha value is -0.870. The van der Waals surface area contributed by atoms with Gasteiger partial charge in [-0.1, -0.05) is 0 Å². The number of aryl methyl sites for hydroxylation is 2. The van der Waals surface area contributed by atoms with Gasteiger partial charge in [0.2, 0.25) is 0 Å². The zero-order chi connectivity index (χ0) is 13.8. The molecule has 1 aromatic heterocycles. The fourth-order valence-corrected chi connectivity index (χ4v) is 3.04. The van der Waals surface area contributed by atoms with Crippen molar-refractivity contribution >= 4 is 0 Å². The maximum Gasteiger partial charge on any atom is 0.0644 e. The minimum atomic E-state index is 0.378. The summed E-state index contributed by atoms with van der Waals surface area (Å²) in [5, 5.41) is 8.28. The van der Waals surface area contributed by atoms with E-state index in [2.05, 4.69) is 42.8 Å². The molecule has 108 valence electrons. The van der Waals surface area contributed by atoms with Crippen molar-refractivity contribution in [3.05, 3.63) is 17.0 Å². The van der Waals surface area contributed by atoms with E-state index in [1.165, 1.54) is 24.1 Å². The normalized spacial score (nSPS) is 18.7. The van der Waals surface area contributed by atoms with E-state index in [0.717, 1.165) is 37.9 Å². The Bertz CT molecular complexity index is 408. The molecule has 1 unspecified atom stereocenters. The molecule has 1 fully saturated rings. The number of hydrogen-bond donors (Lipinski definition) is 1. The van der Waals surface area contributed by atoms with Crippen LogP contribution in [0, 0.1) is 19.8 Å². The summed E-state index contributed by atoms with van der Waals surface area (Å²) in [6.45, 7) is 12.5. The van der Waals surface area contributed by atoms with Gasteiger partial charge in [0.15, 0.2) is 0 Å².